The Bertz CT molecular complexity index is 1060. The predicted molar refractivity (Wildman–Crippen MR) is 137 cm³/mol. The molecule has 0 spiro atoms. The molecule has 4 aromatic carbocycles. The van der Waals surface area contributed by atoms with E-state index >= 15 is 0 Å². The third-order valence-corrected chi connectivity index (χ3v) is 6.31. The second kappa shape index (κ2) is 9.92. The molecule has 4 nitrogen and oxygen atoms in total. The standard InChI is InChI=1S/2C15H16O2/c2*1-15(2,11-7-3-5-9-13(11)16)12-8-4-6-10-14(12)17/h2*3-10,16-17H,1-2H3. The van der Waals surface area contributed by atoms with Crippen molar-refractivity contribution in [2.45, 2.75) is 38.5 Å². The molecule has 0 heterocycles. The Morgan fingerprint density at radius 1 is 0.353 bits per heavy atom. The molecule has 4 aromatic rings. The number of hydrogen-bond acceptors (Lipinski definition) is 4. The highest BCUT2D eigenvalue weighted by atomic mass is 16.3. The first-order valence-electron chi connectivity index (χ1n) is 11.2. The maximum absolute atomic E-state index is 9.92. The molecule has 34 heavy (non-hydrogen) atoms. The fourth-order valence-corrected chi connectivity index (χ4v) is 4.30. The normalized spacial score (nSPS) is 11.4. The van der Waals surface area contributed by atoms with E-state index in [1.54, 1.807) is 48.5 Å². The average molecular weight is 457 g/mol. The Morgan fingerprint density at radius 2 is 0.529 bits per heavy atom. The minimum absolute atomic E-state index is 0.251. The molecule has 0 unspecified atom stereocenters. The number of benzene rings is 4. The second-order valence-electron chi connectivity index (χ2n) is 9.32. The van der Waals surface area contributed by atoms with Crippen LogP contribution in [0.15, 0.2) is 97.1 Å². The third-order valence-electron chi connectivity index (χ3n) is 6.31. The van der Waals surface area contributed by atoms with Gasteiger partial charge in [-0.05, 0) is 24.3 Å². The maximum Gasteiger partial charge on any atom is 0.119 e. The topological polar surface area (TPSA) is 80.9 Å². The lowest BCUT2D eigenvalue weighted by Gasteiger charge is -2.27. The number of phenolic OH excluding ortho intramolecular Hbond substituents is 4. The van der Waals surface area contributed by atoms with Crippen LogP contribution in [0.5, 0.6) is 23.0 Å². The van der Waals surface area contributed by atoms with Gasteiger partial charge in [-0.15, -0.1) is 0 Å². The first-order valence-corrected chi connectivity index (χ1v) is 11.2. The lowest BCUT2D eigenvalue weighted by Crippen LogP contribution is -2.19. The van der Waals surface area contributed by atoms with Crippen molar-refractivity contribution in [3.63, 3.8) is 0 Å². The number of para-hydroxylation sites is 4. The Morgan fingerprint density at radius 3 is 0.706 bits per heavy atom. The number of rotatable bonds is 4. The predicted octanol–water partition coefficient (Wildman–Crippen LogP) is 6.85. The molecule has 0 aromatic heterocycles. The SMILES string of the molecule is CC(C)(c1ccccc1O)c1ccccc1O.CC(C)(c1ccccc1O)c1ccccc1O. The number of phenols is 4. The van der Waals surface area contributed by atoms with E-state index in [2.05, 4.69) is 0 Å². The fraction of sp³-hybridized carbons (Fsp3) is 0.200. The van der Waals surface area contributed by atoms with Crippen LogP contribution in [0, 0.1) is 0 Å². The van der Waals surface area contributed by atoms with Gasteiger partial charge in [-0.25, -0.2) is 0 Å². The molecule has 0 saturated heterocycles. The highest BCUT2D eigenvalue weighted by Gasteiger charge is 2.29. The molecule has 4 N–H and O–H groups in total. The van der Waals surface area contributed by atoms with Crippen LogP contribution in [0.2, 0.25) is 0 Å². The summed E-state index contributed by atoms with van der Waals surface area (Å²) >= 11 is 0. The summed E-state index contributed by atoms with van der Waals surface area (Å²) < 4.78 is 0. The molecular weight excluding hydrogens is 424 g/mol. The summed E-state index contributed by atoms with van der Waals surface area (Å²) in [7, 11) is 0. The summed E-state index contributed by atoms with van der Waals surface area (Å²) in [6.45, 7) is 7.93. The Labute approximate surface area is 201 Å². The van der Waals surface area contributed by atoms with Crippen LogP contribution in [0.25, 0.3) is 0 Å². The molecule has 0 saturated carbocycles. The molecule has 0 fully saturated rings. The molecule has 0 amide bonds. The van der Waals surface area contributed by atoms with Crippen molar-refractivity contribution in [3.8, 4) is 23.0 Å². The molecule has 0 aliphatic heterocycles. The molecule has 4 rings (SSSR count). The summed E-state index contributed by atoms with van der Waals surface area (Å²) in [4.78, 5) is 0. The van der Waals surface area contributed by atoms with E-state index in [0.717, 1.165) is 22.3 Å². The van der Waals surface area contributed by atoms with E-state index in [-0.39, 0.29) is 23.0 Å². The van der Waals surface area contributed by atoms with Gasteiger partial charge in [0.05, 0.1) is 0 Å². The Balaban J connectivity index is 0.000000191. The lowest BCUT2D eigenvalue weighted by molar-refractivity contribution is 0.434. The van der Waals surface area contributed by atoms with Crippen LogP contribution in [0.4, 0.5) is 0 Å². The zero-order valence-corrected chi connectivity index (χ0v) is 20.0. The van der Waals surface area contributed by atoms with Crippen LogP contribution in [0.1, 0.15) is 49.9 Å². The monoisotopic (exact) mass is 456 g/mol. The van der Waals surface area contributed by atoms with Gasteiger partial charge in [0, 0.05) is 33.1 Å². The zero-order valence-electron chi connectivity index (χ0n) is 20.0. The minimum Gasteiger partial charge on any atom is -0.508 e. The van der Waals surface area contributed by atoms with Gasteiger partial charge in [-0.1, -0.05) is 100 Å². The second-order valence-corrected chi connectivity index (χ2v) is 9.32. The van der Waals surface area contributed by atoms with E-state index in [1.807, 2.05) is 76.2 Å². The van der Waals surface area contributed by atoms with Crippen LogP contribution in [-0.2, 0) is 10.8 Å². The van der Waals surface area contributed by atoms with Crippen molar-refractivity contribution in [3.05, 3.63) is 119 Å². The van der Waals surface area contributed by atoms with Crippen LogP contribution >= 0.6 is 0 Å². The van der Waals surface area contributed by atoms with Crippen LogP contribution in [-0.4, -0.2) is 20.4 Å². The molecule has 0 bridgehead atoms. The third kappa shape index (κ3) is 5.01. The van der Waals surface area contributed by atoms with Crippen molar-refractivity contribution in [1.29, 1.82) is 0 Å². The molecule has 176 valence electrons. The van der Waals surface area contributed by atoms with Crippen LogP contribution < -0.4 is 0 Å². The molecule has 0 atom stereocenters. The van der Waals surface area contributed by atoms with Crippen molar-refractivity contribution in [1.82, 2.24) is 0 Å². The lowest BCUT2D eigenvalue weighted by atomic mass is 9.77. The fourth-order valence-electron chi connectivity index (χ4n) is 4.30. The maximum atomic E-state index is 9.92. The van der Waals surface area contributed by atoms with Gasteiger partial charge in [-0.3, -0.25) is 0 Å². The molecule has 0 aliphatic rings. The molecule has 0 radical (unpaired) electrons. The first kappa shape index (κ1) is 24.7. The van der Waals surface area contributed by atoms with E-state index in [0.29, 0.717) is 0 Å². The van der Waals surface area contributed by atoms with Crippen molar-refractivity contribution < 1.29 is 20.4 Å². The smallest absolute Gasteiger partial charge is 0.119 e. The Hall–Kier alpha value is -3.92. The quantitative estimate of drug-likeness (QED) is 0.271. The van der Waals surface area contributed by atoms with Crippen LogP contribution in [0.3, 0.4) is 0 Å². The van der Waals surface area contributed by atoms with E-state index < -0.39 is 10.8 Å². The molecule has 0 aliphatic carbocycles. The summed E-state index contributed by atoms with van der Waals surface area (Å²) in [6, 6.07) is 28.9. The summed E-state index contributed by atoms with van der Waals surface area (Å²) in [6.07, 6.45) is 0. The number of aromatic hydroxyl groups is 4. The minimum atomic E-state index is -0.434. The zero-order chi connectivity index (χ0) is 24.9. The molecular formula is C30H32O4. The number of hydrogen-bond donors (Lipinski definition) is 4. The largest absolute Gasteiger partial charge is 0.508 e. The summed E-state index contributed by atoms with van der Waals surface area (Å²) in [5, 5.41) is 39.7. The van der Waals surface area contributed by atoms with Gasteiger partial charge in [-0.2, -0.15) is 0 Å². The average Bonchev–Trinajstić information content (AvgIpc) is 2.80. The van der Waals surface area contributed by atoms with Crippen molar-refractivity contribution in [2.75, 3.05) is 0 Å². The summed E-state index contributed by atoms with van der Waals surface area (Å²) in [5.41, 5.74) is 2.36. The van der Waals surface area contributed by atoms with E-state index in [4.69, 9.17) is 0 Å². The van der Waals surface area contributed by atoms with Crippen molar-refractivity contribution >= 4 is 0 Å². The van der Waals surface area contributed by atoms with Gasteiger partial charge >= 0.3 is 0 Å². The summed E-state index contributed by atoms with van der Waals surface area (Å²) in [5.74, 6) is 1.00. The highest BCUT2D eigenvalue weighted by Crippen LogP contribution is 2.41. The van der Waals surface area contributed by atoms with Gasteiger partial charge in [0.15, 0.2) is 0 Å². The van der Waals surface area contributed by atoms with E-state index in [1.165, 1.54) is 0 Å². The van der Waals surface area contributed by atoms with Gasteiger partial charge < -0.3 is 20.4 Å². The van der Waals surface area contributed by atoms with Gasteiger partial charge in [0.2, 0.25) is 0 Å². The highest BCUT2D eigenvalue weighted by molar-refractivity contribution is 5.50. The van der Waals surface area contributed by atoms with Gasteiger partial charge in [0.1, 0.15) is 23.0 Å². The molecule has 4 heteroatoms. The van der Waals surface area contributed by atoms with E-state index in [9.17, 15) is 20.4 Å². The first-order chi connectivity index (χ1) is 16.1. The Kier molecular flexibility index (Phi) is 7.21. The van der Waals surface area contributed by atoms with Gasteiger partial charge in [0.25, 0.3) is 0 Å². The van der Waals surface area contributed by atoms with Crippen molar-refractivity contribution in [2.24, 2.45) is 0 Å².